The number of benzene rings is 1. The van der Waals surface area contributed by atoms with Crippen LogP contribution < -0.4 is 5.32 Å². The Balaban J connectivity index is 2.17. The second kappa shape index (κ2) is 6.36. The summed E-state index contributed by atoms with van der Waals surface area (Å²) in [6, 6.07) is 2.41. The van der Waals surface area contributed by atoms with Crippen LogP contribution in [0.25, 0.3) is 11.0 Å². The summed E-state index contributed by atoms with van der Waals surface area (Å²) in [6.45, 7) is 4.10. The van der Waals surface area contributed by atoms with Gasteiger partial charge in [0.25, 0.3) is 5.91 Å². The average Bonchev–Trinajstić information content (AvgIpc) is 2.74. The lowest BCUT2D eigenvalue weighted by atomic mass is 10.1. The Bertz CT molecular complexity index is 708. The van der Waals surface area contributed by atoms with E-state index in [1.165, 1.54) is 6.07 Å². The molecule has 1 unspecified atom stereocenters. The molecule has 1 aromatic carbocycles. The molecule has 2 aromatic rings. The van der Waals surface area contributed by atoms with Gasteiger partial charge in [-0.25, -0.2) is 4.39 Å². The lowest BCUT2D eigenvalue weighted by Gasteiger charge is -2.14. The summed E-state index contributed by atoms with van der Waals surface area (Å²) >= 11 is 4.95. The molecule has 0 spiro atoms. The predicted molar refractivity (Wildman–Crippen MR) is 81.2 cm³/mol. The zero-order valence-corrected chi connectivity index (χ0v) is 12.7. The molecule has 0 radical (unpaired) electrons. The third-order valence-electron chi connectivity index (χ3n) is 3.08. The monoisotopic (exact) mass is 311 g/mol. The van der Waals surface area contributed by atoms with E-state index in [0.29, 0.717) is 28.1 Å². The number of aromatic nitrogens is 2. The van der Waals surface area contributed by atoms with Gasteiger partial charge in [0, 0.05) is 6.54 Å². The van der Waals surface area contributed by atoms with Crippen molar-refractivity contribution in [3.63, 3.8) is 0 Å². The van der Waals surface area contributed by atoms with E-state index >= 15 is 0 Å². The number of hydrogen-bond donors (Lipinski definition) is 4. The molecule has 21 heavy (non-hydrogen) atoms. The first-order chi connectivity index (χ1) is 9.86. The summed E-state index contributed by atoms with van der Waals surface area (Å²) in [7, 11) is 0. The van der Waals surface area contributed by atoms with E-state index in [-0.39, 0.29) is 12.1 Å². The number of imidazole rings is 1. The third kappa shape index (κ3) is 3.89. The zero-order chi connectivity index (χ0) is 15.6. The zero-order valence-electron chi connectivity index (χ0n) is 11.9. The molecule has 0 saturated carbocycles. The molecule has 114 valence electrons. The molecule has 2 rings (SSSR count). The van der Waals surface area contributed by atoms with Crippen molar-refractivity contribution in [2.24, 2.45) is 5.92 Å². The maximum atomic E-state index is 13.5. The molecule has 0 saturated heterocycles. The quantitative estimate of drug-likeness (QED) is 0.640. The first kappa shape index (κ1) is 15.7. The van der Waals surface area contributed by atoms with Crippen molar-refractivity contribution in [2.75, 3.05) is 6.54 Å². The van der Waals surface area contributed by atoms with Crippen LogP contribution in [0.5, 0.6) is 0 Å². The minimum atomic E-state index is -0.622. The molecule has 1 amide bonds. The third-order valence-corrected chi connectivity index (χ3v) is 3.28. The Morgan fingerprint density at radius 1 is 1.43 bits per heavy atom. The topological polar surface area (TPSA) is 80.9 Å². The number of hydrogen-bond acceptors (Lipinski definition) is 3. The number of H-pyrrole nitrogens is 2. The molecule has 5 nitrogen and oxygen atoms in total. The Morgan fingerprint density at radius 3 is 2.81 bits per heavy atom. The molecule has 1 heterocycles. The molecule has 4 N–H and O–H groups in total. The molecule has 0 aliphatic carbocycles. The standard InChI is InChI=1S/C14H18FN3O2S/c1-7(2)3-9(19)6-16-13(20)10-4-8(15)5-11-12(10)18-14(21)17-11/h4-5,7,9,19H,3,6H2,1-2H3,(H,16,20)(H2,17,18,21). The van der Waals surface area contributed by atoms with Crippen molar-refractivity contribution in [1.29, 1.82) is 0 Å². The van der Waals surface area contributed by atoms with E-state index in [1.54, 1.807) is 0 Å². The highest BCUT2D eigenvalue weighted by molar-refractivity contribution is 7.71. The van der Waals surface area contributed by atoms with Crippen LogP contribution in [-0.4, -0.2) is 33.6 Å². The van der Waals surface area contributed by atoms with Crippen molar-refractivity contribution in [1.82, 2.24) is 15.3 Å². The van der Waals surface area contributed by atoms with Gasteiger partial charge in [-0.3, -0.25) is 4.79 Å². The van der Waals surface area contributed by atoms with Crippen LogP contribution in [0.4, 0.5) is 4.39 Å². The van der Waals surface area contributed by atoms with Crippen molar-refractivity contribution < 1.29 is 14.3 Å². The SMILES string of the molecule is CC(C)CC(O)CNC(=O)c1cc(F)cc2[nH]c(=S)[nH]c12. The highest BCUT2D eigenvalue weighted by Gasteiger charge is 2.15. The van der Waals surface area contributed by atoms with Crippen LogP contribution in [0, 0.1) is 16.5 Å². The molecular formula is C14H18FN3O2S. The van der Waals surface area contributed by atoms with E-state index < -0.39 is 17.8 Å². The van der Waals surface area contributed by atoms with Crippen LogP contribution >= 0.6 is 12.2 Å². The number of aliphatic hydroxyl groups is 1. The molecule has 0 aliphatic heterocycles. The summed E-state index contributed by atoms with van der Waals surface area (Å²) in [4.78, 5) is 17.8. The number of aliphatic hydroxyl groups excluding tert-OH is 1. The van der Waals surface area contributed by atoms with Crippen molar-refractivity contribution >= 4 is 29.2 Å². The number of nitrogens with one attached hydrogen (secondary N) is 3. The summed E-state index contributed by atoms with van der Waals surface area (Å²) in [5.74, 6) is -0.647. The molecular weight excluding hydrogens is 293 g/mol. The van der Waals surface area contributed by atoms with Crippen molar-refractivity contribution in [3.05, 3.63) is 28.3 Å². The summed E-state index contributed by atoms with van der Waals surface area (Å²) in [5.41, 5.74) is 1.05. The van der Waals surface area contributed by atoms with E-state index in [1.807, 2.05) is 13.8 Å². The fourth-order valence-corrected chi connectivity index (χ4v) is 2.43. The van der Waals surface area contributed by atoms with Gasteiger partial charge in [-0.1, -0.05) is 13.8 Å². The molecule has 1 atom stereocenters. The number of fused-ring (bicyclic) bond motifs is 1. The number of amides is 1. The fraction of sp³-hybridized carbons (Fsp3) is 0.429. The number of halogens is 1. The highest BCUT2D eigenvalue weighted by atomic mass is 32.1. The highest BCUT2D eigenvalue weighted by Crippen LogP contribution is 2.18. The number of rotatable bonds is 5. The molecule has 0 aliphatic rings. The first-order valence-corrected chi connectivity index (χ1v) is 7.15. The largest absolute Gasteiger partial charge is 0.391 e. The van der Waals surface area contributed by atoms with E-state index in [2.05, 4.69) is 15.3 Å². The molecule has 0 bridgehead atoms. The van der Waals surface area contributed by atoms with Gasteiger partial charge in [-0.05, 0) is 36.7 Å². The van der Waals surface area contributed by atoms with Gasteiger partial charge in [-0.2, -0.15) is 0 Å². The predicted octanol–water partition coefficient (Wildman–Crippen LogP) is 2.50. The minimum absolute atomic E-state index is 0.125. The molecule has 7 heteroatoms. The minimum Gasteiger partial charge on any atom is -0.391 e. The van der Waals surface area contributed by atoms with E-state index in [9.17, 15) is 14.3 Å². The van der Waals surface area contributed by atoms with E-state index in [4.69, 9.17) is 12.2 Å². The Kier molecular flexibility index (Phi) is 4.74. The summed E-state index contributed by atoms with van der Waals surface area (Å²) in [5, 5.41) is 12.4. The van der Waals surface area contributed by atoms with Gasteiger partial charge in [-0.15, -0.1) is 0 Å². The van der Waals surface area contributed by atoms with E-state index in [0.717, 1.165) is 6.07 Å². The lowest BCUT2D eigenvalue weighted by Crippen LogP contribution is -2.33. The van der Waals surface area contributed by atoms with Gasteiger partial charge in [0.15, 0.2) is 4.77 Å². The second-order valence-corrected chi connectivity index (χ2v) is 5.86. The maximum absolute atomic E-state index is 13.5. The molecule has 0 fully saturated rings. The van der Waals surface area contributed by atoms with Crippen LogP contribution in [0.15, 0.2) is 12.1 Å². The van der Waals surface area contributed by atoms with Crippen LogP contribution in [0.2, 0.25) is 0 Å². The van der Waals surface area contributed by atoms with Crippen molar-refractivity contribution in [2.45, 2.75) is 26.4 Å². The Morgan fingerprint density at radius 2 is 2.14 bits per heavy atom. The van der Waals surface area contributed by atoms with Crippen LogP contribution in [0.1, 0.15) is 30.6 Å². The lowest BCUT2D eigenvalue weighted by molar-refractivity contribution is 0.0901. The van der Waals surface area contributed by atoms with Gasteiger partial charge >= 0.3 is 0 Å². The van der Waals surface area contributed by atoms with Crippen LogP contribution in [0.3, 0.4) is 0 Å². The second-order valence-electron chi connectivity index (χ2n) is 5.45. The smallest absolute Gasteiger partial charge is 0.253 e. The molecule has 1 aromatic heterocycles. The number of aromatic amines is 2. The average molecular weight is 311 g/mol. The first-order valence-electron chi connectivity index (χ1n) is 6.74. The van der Waals surface area contributed by atoms with Gasteiger partial charge in [0.05, 0.1) is 22.7 Å². The van der Waals surface area contributed by atoms with Crippen molar-refractivity contribution in [3.8, 4) is 0 Å². The summed E-state index contributed by atoms with van der Waals surface area (Å²) < 4.78 is 13.9. The van der Waals surface area contributed by atoms with Gasteiger partial charge in [0.1, 0.15) is 5.82 Å². The fourth-order valence-electron chi connectivity index (χ4n) is 2.22. The maximum Gasteiger partial charge on any atom is 0.253 e. The Labute approximate surface area is 126 Å². The van der Waals surface area contributed by atoms with Gasteiger partial charge < -0.3 is 20.4 Å². The number of carbonyl (C=O) groups excluding carboxylic acids is 1. The number of carbonyl (C=O) groups is 1. The normalized spacial score (nSPS) is 12.8. The summed E-state index contributed by atoms with van der Waals surface area (Å²) in [6.07, 6.45) is -0.0338. The van der Waals surface area contributed by atoms with Crippen LogP contribution in [-0.2, 0) is 0 Å². The Hall–Kier alpha value is -1.73. The van der Waals surface area contributed by atoms with Gasteiger partial charge in [0.2, 0.25) is 0 Å².